The van der Waals surface area contributed by atoms with Gasteiger partial charge in [-0.25, -0.2) is 0 Å². The zero-order chi connectivity index (χ0) is 13.9. The maximum Gasteiger partial charge on any atom is 0.0700 e. The molecule has 0 aliphatic rings. The van der Waals surface area contributed by atoms with E-state index in [0.717, 1.165) is 25.9 Å². The highest BCUT2D eigenvalue weighted by Gasteiger charge is 2.07. The molecule has 0 radical (unpaired) electrons. The number of nitrogens with one attached hydrogen (secondary N) is 1. The average molecular weight is 265 g/mol. The van der Waals surface area contributed by atoms with Gasteiger partial charge in [-0.05, 0) is 37.4 Å². The number of methoxy groups -OCH3 is 1. The Morgan fingerprint density at radius 1 is 1.05 bits per heavy atom. The van der Waals surface area contributed by atoms with Crippen molar-refractivity contribution in [3.63, 3.8) is 0 Å². The molecule has 1 atom stereocenters. The molecule has 3 nitrogen and oxygen atoms in total. The van der Waals surface area contributed by atoms with E-state index in [2.05, 4.69) is 36.5 Å². The van der Waals surface area contributed by atoms with Gasteiger partial charge in [0.15, 0.2) is 0 Å². The average Bonchev–Trinajstić information content (AvgIpc) is 2.46. The minimum atomic E-state index is 0.468. The minimum absolute atomic E-state index is 0.468. The predicted octanol–water partition coefficient (Wildman–Crippen LogP) is 2.43. The fraction of sp³-hybridized carbons (Fsp3) is 0.625. The van der Waals surface area contributed by atoms with E-state index in [1.807, 2.05) is 7.05 Å². The van der Waals surface area contributed by atoms with Crippen LogP contribution in [0.25, 0.3) is 0 Å². The van der Waals surface area contributed by atoms with Gasteiger partial charge in [0, 0.05) is 19.8 Å². The van der Waals surface area contributed by atoms with Crippen LogP contribution < -0.4 is 5.32 Å². The summed E-state index contributed by atoms with van der Waals surface area (Å²) in [5.74, 6) is 0. The van der Waals surface area contributed by atoms with Crippen molar-refractivity contribution in [3.05, 3.63) is 35.4 Å². The van der Waals surface area contributed by atoms with Crippen LogP contribution in [-0.2, 0) is 22.3 Å². The molecule has 1 aromatic carbocycles. The molecule has 1 N–H and O–H groups in total. The van der Waals surface area contributed by atoms with Crippen molar-refractivity contribution in [2.45, 2.75) is 32.2 Å². The molecule has 0 saturated heterocycles. The number of rotatable bonds is 10. The van der Waals surface area contributed by atoms with Crippen molar-refractivity contribution < 1.29 is 9.47 Å². The van der Waals surface area contributed by atoms with E-state index < -0.39 is 0 Å². The summed E-state index contributed by atoms with van der Waals surface area (Å²) < 4.78 is 10.5. The molecule has 1 rings (SSSR count). The van der Waals surface area contributed by atoms with Gasteiger partial charge in [0.2, 0.25) is 0 Å². The first-order valence-electron chi connectivity index (χ1n) is 7.12. The summed E-state index contributed by atoms with van der Waals surface area (Å²) in [4.78, 5) is 0. The van der Waals surface area contributed by atoms with Crippen molar-refractivity contribution in [3.8, 4) is 0 Å². The molecular weight excluding hydrogens is 238 g/mol. The first-order valence-corrected chi connectivity index (χ1v) is 7.12. The van der Waals surface area contributed by atoms with Crippen molar-refractivity contribution >= 4 is 0 Å². The van der Waals surface area contributed by atoms with Crippen LogP contribution in [0.5, 0.6) is 0 Å². The molecule has 0 fully saturated rings. The van der Waals surface area contributed by atoms with Crippen molar-refractivity contribution in [1.29, 1.82) is 0 Å². The monoisotopic (exact) mass is 265 g/mol. The van der Waals surface area contributed by atoms with Crippen molar-refractivity contribution in [2.75, 3.05) is 34.0 Å². The lowest BCUT2D eigenvalue weighted by molar-refractivity contribution is 0.0661. The minimum Gasteiger partial charge on any atom is -0.382 e. The third-order valence-corrected chi connectivity index (χ3v) is 3.36. The SMILES string of the molecule is CCc1ccc(CC(CCOCCOC)NC)cc1. The van der Waals surface area contributed by atoms with Crippen LogP contribution in [0.1, 0.15) is 24.5 Å². The molecule has 0 saturated carbocycles. The Labute approximate surface area is 117 Å². The van der Waals surface area contributed by atoms with Crippen LogP contribution in [0.3, 0.4) is 0 Å². The molecule has 1 aromatic rings. The lowest BCUT2D eigenvalue weighted by Crippen LogP contribution is -2.29. The number of benzene rings is 1. The molecule has 1 unspecified atom stereocenters. The quantitative estimate of drug-likeness (QED) is 0.659. The lowest BCUT2D eigenvalue weighted by atomic mass is 10.0. The highest BCUT2D eigenvalue weighted by Crippen LogP contribution is 2.09. The molecule has 0 amide bonds. The van der Waals surface area contributed by atoms with E-state index in [4.69, 9.17) is 9.47 Å². The second kappa shape index (κ2) is 9.96. The van der Waals surface area contributed by atoms with Crippen LogP contribution in [0, 0.1) is 0 Å². The molecule has 0 aromatic heterocycles. The van der Waals surface area contributed by atoms with Gasteiger partial charge in [-0.2, -0.15) is 0 Å². The number of likely N-dealkylation sites (N-methyl/N-ethyl adjacent to an activating group) is 1. The Morgan fingerprint density at radius 3 is 2.32 bits per heavy atom. The molecule has 0 spiro atoms. The first-order chi connectivity index (χ1) is 9.30. The van der Waals surface area contributed by atoms with Gasteiger partial charge >= 0.3 is 0 Å². The molecular formula is C16H27NO2. The second-order valence-electron chi connectivity index (χ2n) is 4.75. The van der Waals surface area contributed by atoms with Gasteiger partial charge in [0.25, 0.3) is 0 Å². The van der Waals surface area contributed by atoms with E-state index in [1.54, 1.807) is 7.11 Å². The van der Waals surface area contributed by atoms with Gasteiger partial charge in [-0.15, -0.1) is 0 Å². The van der Waals surface area contributed by atoms with Gasteiger partial charge in [-0.3, -0.25) is 0 Å². The molecule has 3 heteroatoms. The van der Waals surface area contributed by atoms with Gasteiger partial charge < -0.3 is 14.8 Å². The molecule has 0 heterocycles. The maximum atomic E-state index is 5.52. The highest BCUT2D eigenvalue weighted by molar-refractivity contribution is 5.23. The van der Waals surface area contributed by atoms with E-state index in [9.17, 15) is 0 Å². The number of hydrogen-bond acceptors (Lipinski definition) is 3. The molecule has 108 valence electrons. The Balaban J connectivity index is 2.30. The van der Waals surface area contributed by atoms with Crippen molar-refractivity contribution in [2.24, 2.45) is 0 Å². The molecule has 19 heavy (non-hydrogen) atoms. The zero-order valence-electron chi connectivity index (χ0n) is 12.4. The maximum absolute atomic E-state index is 5.52. The summed E-state index contributed by atoms with van der Waals surface area (Å²) in [7, 11) is 3.71. The summed E-state index contributed by atoms with van der Waals surface area (Å²) in [6.45, 7) is 4.31. The molecule has 0 bridgehead atoms. The third-order valence-electron chi connectivity index (χ3n) is 3.36. The van der Waals surface area contributed by atoms with Gasteiger partial charge in [-0.1, -0.05) is 31.2 Å². The molecule has 0 aliphatic carbocycles. The summed E-state index contributed by atoms with van der Waals surface area (Å²) in [6, 6.07) is 9.37. The Hall–Kier alpha value is -0.900. The fourth-order valence-corrected chi connectivity index (χ4v) is 2.01. The fourth-order valence-electron chi connectivity index (χ4n) is 2.01. The van der Waals surface area contributed by atoms with E-state index >= 15 is 0 Å². The van der Waals surface area contributed by atoms with Gasteiger partial charge in [0.1, 0.15) is 0 Å². The summed E-state index contributed by atoms with van der Waals surface area (Å²) in [5, 5.41) is 3.36. The zero-order valence-corrected chi connectivity index (χ0v) is 12.4. The van der Waals surface area contributed by atoms with Crippen LogP contribution in [0.4, 0.5) is 0 Å². The number of hydrogen-bond donors (Lipinski definition) is 1. The Bertz CT molecular complexity index is 324. The Morgan fingerprint density at radius 2 is 1.74 bits per heavy atom. The largest absolute Gasteiger partial charge is 0.382 e. The number of ether oxygens (including phenoxy) is 2. The first kappa shape index (κ1) is 16.2. The Kier molecular flexibility index (Phi) is 8.47. The topological polar surface area (TPSA) is 30.5 Å². The predicted molar refractivity (Wildman–Crippen MR) is 79.7 cm³/mol. The normalized spacial score (nSPS) is 12.6. The van der Waals surface area contributed by atoms with Crippen LogP contribution in [0.2, 0.25) is 0 Å². The molecule has 0 aliphatic heterocycles. The summed E-state index contributed by atoms with van der Waals surface area (Å²) in [6.07, 6.45) is 3.17. The van der Waals surface area contributed by atoms with Crippen molar-refractivity contribution in [1.82, 2.24) is 5.32 Å². The van der Waals surface area contributed by atoms with Crippen LogP contribution >= 0.6 is 0 Å². The second-order valence-corrected chi connectivity index (χ2v) is 4.75. The van der Waals surface area contributed by atoms with E-state index in [0.29, 0.717) is 19.3 Å². The van der Waals surface area contributed by atoms with E-state index in [1.165, 1.54) is 11.1 Å². The third kappa shape index (κ3) is 6.71. The highest BCUT2D eigenvalue weighted by atomic mass is 16.5. The van der Waals surface area contributed by atoms with Crippen LogP contribution in [-0.4, -0.2) is 40.0 Å². The summed E-state index contributed by atoms with van der Waals surface area (Å²) >= 11 is 0. The number of aryl methyl sites for hydroxylation is 1. The van der Waals surface area contributed by atoms with E-state index in [-0.39, 0.29) is 0 Å². The smallest absolute Gasteiger partial charge is 0.0700 e. The van der Waals surface area contributed by atoms with Crippen LogP contribution in [0.15, 0.2) is 24.3 Å². The lowest BCUT2D eigenvalue weighted by Gasteiger charge is -2.16. The standard InChI is InChI=1S/C16H27NO2/c1-4-14-5-7-15(8-6-14)13-16(17-2)9-10-19-12-11-18-3/h5-8,16-17H,4,9-13H2,1-3H3. The summed E-state index contributed by atoms with van der Waals surface area (Å²) in [5.41, 5.74) is 2.78. The van der Waals surface area contributed by atoms with Gasteiger partial charge in [0.05, 0.1) is 13.2 Å².